The van der Waals surface area contributed by atoms with E-state index >= 15 is 0 Å². The van der Waals surface area contributed by atoms with Gasteiger partial charge in [0.05, 0.1) is 13.0 Å². The van der Waals surface area contributed by atoms with E-state index in [9.17, 15) is 18.0 Å². The quantitative estimate of drug-likeness (QED) is 0.391. The first-order chi connectivity index (χ1) is 9.38. The molecule has 116 valence electrons. The second-order valence-corrected chi connectivity index (χ2v) is 6.43. The molecule has 2 amide bonds. The lowest BCUT2D eigenvalue weighted by molar-refractivity contribution is -0.187. The molecule has 1 fully saturated rings. The summed E-state index contributed by atoms with van der Waals surface area (Å²) in [7, 11) is -4.56. The summed E-state index contributed by atoms with van der Waals surface area (Å²) in [5.41, 5.74) is 0. The largest absolute Gasteiger partial charge is 0.285 e. The maximum absolute atomic E-state index is 11.6. The average molecular weight is 307 g/mol. The number of imide groups is 1. The Kier molecular flexibility index (Phi) is 6.57. The molecule has 1 heterocycles. The number of hydrogen-bond acceptors (Lipinski definition) is 5. The van der Waals surface area contributed by atoms with E-state index in [1.807, 2.05) is 0 Å². The van der Waals surface area contributed by atoms with Crippen LogP contribution in [0.3, 0.4) is 0 Å². The van der Waals surface area contributed by atoms with Gasteiger partial charge in [0.2, 0.25) is 0 Å². The van der Waals surface area contributed by atoms with Gasteiger partial charge in [-0.1, -0.05) is 39.0 Å². The van der Waals surface area contributed by atoms with Crippen molar-refractivity contribution in [1.82, 2.24) is 5.06 Å². The number of nitrogens with zero attached hydrogens (tertiary/aromatic N) is 1. The monoisotopic (exact) mass is 307 g/mol. The van der Waals surface area contributed by atoms with Crippen LogP contribution in [-0.2, 0) is 24.5 Å². The van der Waals surface area contributed by atoms with Crippen LogP contribution in [0.2, 0.25) is 0 Å². The van der Waals surface area contributed by atoms with E-state index in [4.69, 9.17) is 9.39 Å². The lowest BCUT2D eigenvalue weighted by Crippen LogP contribution is -2.35. The molecule has 1 atom stereocenters. The van der Waals surface area contributed by atoms with Crippen molar-refractivity contribution in [2.75, 3.05) is 6.61 Å². The molecule has 0 spiro atoms. The molecule has 0 aromatic rings. The molecular formula is C12H21NO6S. The third-order valence-corrected chi connectivity index (χ3v) is 4.23. The Labute approximate surface area is 119 Å². The third-order valence-electron chi connectivity index (χ3n) is 3.14. The van der Waals surface area contributed by atoms with Gasteiger partial charge in [0.25, 0.3) is 21.9 Å². The smallest absolute Gasteiger partial charge is 0.277 e. The van der Waals surface area contributed by atoms with Crippen LogP contribution in [0, 0.1) is 0 Å². The molecule has 7 nitrogen and oxygen atoms in total. The lowest BCUT2D eigenvalue weighted by atomic mass is 10.1. The van der Waals surface area contributed by atoms with Crippen molar-refractivity contribution < 1.29 is 27.4 Å². The van der Waals surface area contributed by atoms with Crippen molar-refractivity contribution in [2.45, 2.75) is 57.1 Å². The number of rotatable bonds is 9. The highest BCUT2D eigenvalue weighted by atomic mass is 32.2. The highest BCUT2D eigenvalue weighted by molar-refractivity contribution is 7.87. The fraction of sp³-hybridized carbons (Fsp3) is 0.833. The highest BCUT2D eigenvalue weighted by Gasteiger charge is 2.46. The number of hydrogen-bond donors (Lipinski definition) is 1. The van der Waals surface area contributed by atoms with Crippen LogP contribution in [0.4, 0.5) is 0 Å². The molecule has 0 radical (unpaired) electrons. The predicted molar refractivity (Wildman–Crippen MR) is 71.1 cm³/mol. The first-order valence-electron chi connectivity index (χ1n) is 6.84. The average Bonchev–Trinajstić information content (AvgIpc) is 2.64. The highest BCUT2D eigenvalue weighted by Crippen LogP contribution is 2.19. The summed E-state index contributed by atoms with van der Waals surface area (Å²) in [5, 5.41) is -1.26. The zero-order valence-corrected chi connectivity index (χ0v) is 12.4. The van der Waals surface area contributed by atoms with Crippen LogP contribution in [0.25, 0.3) is 0 Å². The van der Waals surface area contributed by atoms with E-state index in [0.717, 1.165) is 25.7 Å². The van der Waals surface area contributed by atoms with E-state index in [2.05, 4.69) is 6.92 Å². The molecule has 1 rings (SSSR count). The topological polar surface area (TPSA) is 101 Å². The summed E-state index contributed by atoms with van der Waals surface area (Å²) >= 11 is 0. The molecule has 1 N–H and O–H groups in total. The van der Waals surface area contributed by atoms with Crippen molar-refractivity contribution >= 4 is 21.9 Å². The first-order valence-corrected chi connectivity index (χ1v) is 8.34. The second kappa shape index (κ2) is 7.70. The Hall–Kier alpha value is -0.990. The second-order valence-electron chi connectivity index (χ2n) is 4.84. The van der Waals surface area contributed by atoms with Crippen LogP contribution >= 0.6 is 0 Å². The SMILES string of the molecule is CCCCCCCCON1C(=O)CC(S(=O)(=O)O)C1=O. The molecule has 20 heavy (non-hydrogen) atoms. The molecule has 1 aliphatic heterocycles. The molecule has 8 heteroatoms. The van der Waals surface area contributed by atoms with Gasteiger partial charge in [0, 0.05) is 0 Å². The Morgan fingerprint density at radius 1 is 1.20 bits per heavy atom. The number of hydroxylamine groups is 2. The van der Waals surface area contributed by atoms with Crippen LogP contribution in [-0.4, -0.2) is 41.7 Å². The van der Waals surface area contributed by atoms with Crippen LogP contribution in [0.1, 0.15) is 51.9 Å². The lowest BCUT2D eigenvalue weighted by Gasteiger charge is -2.13. The first kappa shape index (κ1) is 17.1. The van der Waals surface area contributed by atoms with Gasteiger partial charge in [-0.25, -0.2) is 0 Å². The summed E-state index contributed by atoms with van der Waals surface area (Å²) in [4.78, 5) is 28.1. The predicted octanol–water partition coefficient (Wildman–Crippen LogP) is 1.29. The Balaban J connectivity index is 2.31. The van der Waals surface area contributed by atoms with Crippen molar-refractivity contribution in [1.29, 1.82) is 0 Å². The van der Waals surface area contributed by atoms with Crippen molar-refractivity contribution in [3.8, 4) is 0 Å². The maximum atomic E-state index is 11.6. The minimum absolute atomic E-state index is 0.182. The molecule has 0 bridgehead atoms. The van der Waals surface area contributed by atoms with Gasteiger partial charge >= 0.3 is 0 Å². The van der Waals surface area contributed by atoms with Crippen molar-refractivity contribution in [3.05, 3.63) is 0 Å². The van der Waals surface area contributed by atoms with E-state index in [0.29, 0.717) is 11.5 Å². The normalized spacial score (nSPS) is 19.9. The van der Waals surface area contributed by atoms with Gasteiger partial charge in [0.15, 0.2) is 5.25 Å². The van der Waals surface area contributed by atoms with E-state index in [-0.39, 0.29) is 6.61 Å². The van der Waals surface area contributed by atoms with Gasteiger partial charge in [-0.3, -0.25) is 19.0 Å². The minimum Gasteiger partial charge on any atom is -0.285 e. The Morgan fingerprint density at radius 3 is 2.35 bits per heavy atom. The van der Waals surface area contributed by atoms with Gasteiger partial charge in [-0.05, 0) is 6.42 Å². The molecule has 0 aliphatic carbocycles. The van der Waals surface area contributed by atoms with Crippen molar-refractivity contribution in [3.63, 3.8) is 0 Å². The fourth-order valence-corrected chi connectivity index (χ4v) is 2.69. The maximum Gasteiger partial charge on any atom is 0.277 e. The van der Waals surface area contributed by atoms with E-state index in [1.165, 1.54) is 6.42 Å². The zero-order valence-electron chi connectivity index (χ0n) is 11.6. The van der Waals surface area contributed by atoms with E-state index < -0.39 is 33.6 Å². The van der Waals surface area contributed by atoms with Gasteiger partial charge in [0.1, 0.15) is 0 Å². The molecule has 0 aromatic heterocycles. The van der Waals surface area contributed by atoms with Crippen molar-refractivity contribution in [2.24, 2.45) is 0 Å². The third kappa shape index (κ3) is 4.84. The molecule has 1 aliphatic rings. The van der Waals surface area contributed by atoms with Crippen LogP contribution in [0.15, 0.2) is 0 Å². The van der Waals surface area contributed by atoms with Gasteiger partial charge in [-0.2, -0.15) is 13.5 Å². The van der Waals surface area contributed by atoms with Gasteiger partial charge < -0.3 is 0 Å². The van der Waals surface area contributed by atoms with E-state index in [1.54, 1.807) is 0 Å². The minimum atomic E-state index is -4.56. The fourth-order valence-electron chi connectivity index (χ4n) is 1.99. The molecule has 1 unspecified atom stereocenters. The summed E-state index contributed by atoms with van der Waals surface area (Å²) < 4.78 is 30.7. The van der Waals surface area contributed by atoms with Gasteiger partial charge in [-0.15, -0.1) is 0 Å². The molecule has 0 saturated carbocycles. The molecular weight excluding hydrogens is 286 g/mol. The number of unbranched alkanes of at least 4 members (excludes halogenated alkanes) is 5. The standard InChI is InChI=1S/C12H21NO6S/c1-2-3-4-5-6-7-8-19-13-11(14)9-10(12(13)15)20(16,17)18/h10H,2-9H2,1H3,(H,16,17,18). The number of amides is 2. The Bertz CT molecular complexity index is 447. The molecule has 1 saturated heterocycles. The summed E-state index contributed by atoms with van der Waals surface area (Å²) in [6.45, 7) is 2.31. The van der Waals surface area contributed by atoms with Crippen LogP contribution < -0.4 is 0 Å². The zero-order chi connectivity index (χ0) is 15.2. The summed E-state index contributed by atoms with van der Waals surface area (Å²) in [6, 6.07) is 0. The molecule has 0 aromatic carbocycles. The van der Waals surface area contributed by atoms with Crippen LogP contribution in [0.5, 0.6) is 0 Å². The Morgan fingerprint density at radius 2 is 1.80 bits per heavy atom. The number of carbonyl (C=O) groups is 2. The number of carbonyl (C=O) groups excluding carboxylic acids is 2. The summed E-state index contributed by atoms with van der Waals surface area (Å²) in [5.74, 6) is -1.74. The summed E-state index contributed by atoms with van der Waals surface area (Å²) in [6.07, 6.45) is 5.60.